The first kappa shape index (κ1) is 11.8. The lowest BCUT2D eigenvalue weighted by Gasteiger charge is -2.23. The number of carbonyl (C=O) groups excluding carboxylic acids is 1. The topological polar surface area (TPSA) is 46.8 Å². The molecule has 19 heavy (non-hydrogen) atoms. The van der Waals surface area contributed by atoms with Crippen LogP contribution in [-0.2, 0) is 4.79 Å². The molecular weight excluding hydrogens is 242 g/mol. The Morgan fingerprint density at radius 3 is 3.05 bits per heavy atom. The first-order valence-corrected chi connectivity index (χ1v) is 6.17. The summed E-state index contributed by atoms with van der Waals surface area (Å²) < 4.78 is 7.28. The van der Waals surface area contributed by atoms with E-state index >= 15 is 0 Å². The molecule has 3 heterocycles. The van der Waals surface area contributed by atoms with Crippen molar-refractivity contribution < 1.29 is 9.53 Å². The SMILES string of the molecule is COc1cc2nccn2cc1C1=CCCN(C)C1=O. The maximum Gasteiger partial charge on any atom is 0.254 e. The number of hydrogen-bond acceptors (Lipinski definition) is 3. The molecule has 3 rings (SSSR count). The van der Waals surface area contributed by atoms with Gasteiger partial charge >= 0.3 is 0 Å². The predicted molar refractivity (Wildman–Crippen MR) is 72.0 cm³/mol. The number of fused-ring (bicyclic) bond motifs is 1. The van der Waals surface area contributed by atoms with Crippen LogP contribution in [0.5, 0.6) is 5.75 Å². The van der Waals surface area contributed by atoms with Crippen LogP contribution in [0.2, 0.25) is 0 Å². The van der Waals surface area contributed by atoms with Gasteiger partial charge in [0.1, 0.15) is 11.4 Å². The van der Waals surface area contributed by atoms with Gasteiger partial charge in [-0.05, 0) is 6.42 Å². The number of amides is 1. The van der Waals surface area contributed by atoms with Crippen molar-refractivity contribution in [3.8, 4) is 5.75 Å². The van der Waals surface area contributed by atoms with E-state index in [2.05, 4.69) is 4.98 Å². The summed E-state index contributed by atoms with van der Waals surface area (Å²) in [6.07, 6.45) is 8.31. The van der Waals surface area contributed by atoms with Gasteiger partial charge in [-0.3, -0.25) is 4.79 Å². The molecule has 5 heteroatoms. The fraction of sp³-hybridized carbons (Fsp3) is 0.286. The van der Waals surface area contributed by atoms with Crippen LogP contribution in [0.15, 0.2) is 30.7 Å². The molecule has 0 saturated carbocycles. The van der Waals surface area contributed by atoms with E-state index in [4.69, 9.17) is 4.74 Å². The van der Waals surface area contributed by atoms with Crippen molar-refractivity contribution in [2.75, 3.05) is 20.7 Å². The van der Waals surface area contributed by atoms with Crippen LogP contribution in [0, 0.1) is 0 Å². The van der Waals surface area contributed by atoms with Crippen molar-refractivity contribution in [1.82, 2.24) is 14.3 Å². The molecule has 2 aromatic heterocycles. The Labute approximate surface area is 111 Å². The van der Waals surface area contributed by atoms with Gasteiger partial charge in [0.05, 0.1) is 7.11 Å². The average molecular weight is 257 g/mol. The van der Waals surface area contributed by atoms with E-state index in [0.29, 0.717) is 11.3 Å². The minimum absolute atomic E-state index is 0.0315. The number of imidazole rings is 1. The highest BCUT2D eigenvalue weighted by molar-refractivity contribution is 6.20. The Morgan fingerprint density at radius 1 is 1.42 bits per heavy atom. The number of methoxy groups -OCH3 is 1. The predicted octanol–water partition coefficient (Wildman–Crippen LogP) is 1.59. The van der Waals surface area contributed by atoms with Gasteiger partial charge in [0, 0.05) is 49.4 Å². The number of ether oxygens (including phenoxy) is 1. The fourth-order valence-electron chi connectivity index (χ4n) is 2.34. The maximum absolute atomic E-state index is 12.2. The van der Waals surface area contributed by atoms with E-state index < -0.39 is 0 Å². The van der Waals surface area contributed by atoms with Crippen molar-refractivity contribution >= 4 is 17.1 Å². The molecular formula is C14H15N3O2. The van der Waals surface area contributed by atoms with E-state index in [-0.39, 0.29) is 5.91 Å². The molecule has 0 fully saturated rings. The fourth-order valence-corrected chi connectivity index (χ4v) is 2.34. The molecule has 1 amide bonds. The smallest absolute Gasteiger partial charge is 0.254 e. The lowest BCUT2D eigenvalue weighted by molar-refractivity contribution is -0.124. The molecule has 0 atom stereocenters. The molecule has 0 aromatic carbocycles. The second kappa shape index (κ2) is 4.42. The molecule has 0 bridgehead atoms. The van der Waals surface area contributed by atoms with Crippen molar-refractivity contribution in [3.63, 3.8) is 0 Å². The summed E-state index contributed by atoms with van der Waals surface area (Å²) in [6.45, 7) is 0.762. The summed E-state index contributed by atoms with van der Waals surface area (Å²) in [6, 6.07) is 1.85. The van der Waals surface area contributed by atoms with Gasteiger partial charge < -0.3 is 14.0 Å². The third kappa shape index (κ3) is 1.87. The number of carbonyl (C=O) groups is 1. The summed E-state index contributed by atoms with van der Waals surface area (Å²) in [4.78, 5) is 18.2. The molecule has 1 aliphatic rings. The number of hydrogen-bond donors (Lipinski definition) is 0. The van der Waals surface area contributed by atoms with Gasteiger partial charge in [0.15, 0.2) is 0 Å². The van der Waals surface area contributed by atoms with Gasteiger partial charge in [-0.25, -0.2) is 4.98 Å². The summed E-state index contributed by atoms with van der Waals surface area (Å²) in [5, 5.41) is 0. The Bertz CT molecular complexity index is 672. The van der Waals surface area contributed by atoms with Crippen LogP contribution in [0.3, 0.4) is 0 Å². The largest absolute Gasteiger partial charge is 0.496 e. The van der Waals surface area contributed by atoms with Crippen LogP contribution in [0.25, 0.3) is 11.2 Å². The second-order valence-electron chi connectivity index (χ2n) is 4.58. The van der Waals surface area contributed by atoms with E-state index in [1.807, 2.05) is 36.0 Å². The molecule has 0 radical (unpaired) electrons. The molecule has 1 aliphatic heterocycles. The zero-order valence-corrected chi connectivity index (χ0v) is 11.0. The molecule has 0 N–H and O–H groups in total. The number of pyridine rings is 1. The van der Waals surface area contributed by atoms with Crippen LogP contribution in [0.1, 0.15) is 12.0 Å². The van der Waals surface area contributed by atoms with E-state index in [9.17, 15) is 4.79 Å². The molecule has 5 nitrogen and oxygen atoms in total. The van der Waals surface area contributed by atoms with Crippen molar-refractivity contribution in [2.45, 2.75) is 6.42 Å². The van der Waals surface area contributed by atoms with Crippen molar-refractivity contribution in [3.05, 3.63) is 36.3 Å². The molecule has 0 spiro atoms. The number of rotatable bonds is 2. The number of aromatic nitrogens is 2. The standard InChI is InChI=1S/C14H15N3O2/c1-16-6-3-4-10(14(16)18)11-9-17-7-5-15-13(17)8-12(11)19-2/h4-5,7-9H,3,6H2,1-2H3. The van der Waals surface area contributed by atoms with Gasteiger partial charge in [-0.15, -0.1) is 0 Å². The second-order valence-corrected chi connectivity index (χ2v) is 4.58. The monoisotopic (exact) mass is 257 g/mol. The highest BCUT2D eigenvalue weighted by atomic mass is 16.5. The Hall–Kier alpha value is -2.30. The summed E-state index contributed by atoms with van der Waals surface area (Å²) in [5.41, 5.74) is 2.31. The van der Waals surface area contributed by atoms with E-state index in [1.165, 1.54) is 0 Å². The van der Waals surface area contributed by atoms with Crippen LogP contribution >= 0.6 is 0 Å². The molecule has 0 unspecified atom stereocenters. The lowest BCUT2D eigenvalue weighted by atomic mass is 10.0. The van der Waals surface area contributed by atoms with Gasteiger partial charge in [0.2, 0.25) is 0 Å². The molecule has 2 aromatic rings. The Morgan fingerprint density at radius 2 is 2.26 bits per heavy atom. The maximum atomic E-state index is 12.2. The van der Waals surface area contributed by atoms with E-state index in [0.717, 1.165) is 24.2 Å². The van der Waals surface area contributed by atoms with Gasteiger partial charge in [-0.1, -0.05) is 6.08 Å². The van der Waals surface area contributed by atoms with Crippen LogP contribution in [-0.4, -0.2) is 40.9 Å². The molecule has 0 saturated heterocycles. The van der Waals surface area contributed by atoms with E-state index in [1.54, 1.807) is 18.2 Å². The Balaban J connectivity index is 2.17. The first-order valence-electron chi connectivity index (χ1n) is 6.17. The minimum atomic E-state index is 0.0315. The quantitative estimate of drug-likeness (QED) is 0.820. The molecule has 0 aliphatic carbocycles. The highest BCUT2D eigenvalue weighted by Crippen LogP contribution is 2.30. The average Bonchev–Trinajstić information content (AvgIpc) is 2.87. The number of likely N-dealkylation sites (N-methyl/N-ethyl adjacent to an activating group) is 1. The normalized spacial score (nSPS) is 15.8. The number of nitrogens with zero attached hydrogens (tertiary/aromatic N) is 3. The van der Waals surface area contributed by atoms with Gasteiger partial charge in [-0.2, -0.15) is 0 Å². The lowest BCUT2D eigenvalue weighted by Crippen LogP contribution is -2.31. The zero-order chi connectivity index (χ0) is 13.4. The third-order valence-corrected chi connectivity index (χ3v) is 3.39. The van der Waals surface area contributed by atoms with Crippen LogP contribution < -0.4 is 4.74 Å². The Kier molecular flexibility index (Phi) is 2.74. The summed E-state index contributed by atoms with van der Waals surface area (Å²) in [7, 11) is 3.42. The first-order chi connectivity index (χ1) is 9.20. The highest BCUT2D eigenvalue weighted by Gasteiger charge is 2.23. The summed E-state index contributed by atoms with van der Waals surface area (Å²) >= 11 is 0. The minimum Gasteiger partial charge on any atom is -0.496 e. The van der Waals surface area contributed by atoms with Crippen LogP contribution in [0.4, 0.5) is 0 Å². The molecule has 98 valence electrons. The third-order valence-electron chi connectivity index (χ3n) is 3.39. The summed E-state index contributed by atoms with van der Waals surface area (Å²) in [5.74, 6) is 0.706. The van der Waals surface area contributed by atoms with Crippen molar-refractivity contribution in [2.24, 2.45) is 0 Å². The van der Waals surface area contributed by atoms with Gasteiger partial charge in [0.25, 0.3) is 5.91 Å². The zero-order valence-electron chi connectivity index (χ0n) is 11.0. The van der Waals surface area contributed by atoms with Crippen molar-refractivity contribution in [1.29, 1.82) is 0 Å².